The van der Waals surface area contributed by atoms with Gasteiger partial charge in [-0.15, -0.1) is 24.5 Å². The van der Waals surface area contributed by atoms with Crippen molar-refractivity contribution in [1.82, 2.24) is 15.3 Å². The van der Waals surface area contributed by atoms with Gasteiger partial charge >= 0.3 is 12.3 Å². The molecule has 0 bridgehead atoms. The summed E-state index contributed by atoms with van der Waals surface area (Å²) >= 11 is 7.23. The summed E-state index contributed by atoms with van der Waals surface area (Å²) in [5.41, 5.74) is -0.158. The Morgan fingerprint density at radius 2 is 2.11 bits per heavy atom. The van der Waals surface area contributed by atoms with Gasteiger partial charge in [-0.2, -0.15) is 0 Å². The summed E-state index contributed by atoms with van der Waals surface area (Å²) in [5.74, 6) is -3.56. The zero-order chi connectivity index (χ0) is 26.0. The summed E-state index contributed by atoms with van der Waals surface area (Å²) in [6.45, 7) is 1.02. The molecule has 1 fully saturated rings. The molecule has 0 radical (unpaired) electrons. The molecule has 1 aliphatic rings. The van der Waals surface area contributed by atoms with E-state index in [1.54, 1.807) is 4.90 Å². The molecule has 1 unspecified atom stereocenters. The number of ether oxygens (including phenoxy) is 1. The number of amides is 1. The highest BCUT2D eigenvalue weighted by atomic mass is 35.5. The summed E-state index contributed by atoms with van der Waals surface area (Å²) < 4.78 is 55.6. The van der Waals surface area contributed by atoms with Crippen molar-refractivity contribution in [2.45, 2.75) is 12.4 Å². The van der Waals surface area contributed by atoms with Gasteiger partial charge < -0.3 is 20.1 Å². The fourth-order valence-corrected chi connectivity index (χ4v) is 4.42. The maximum atomic E-state index is 14.5. The topological polar surface area (TPSA) is 117 Å². The van der Waals surface area contributed by atoms with Crippen LogP contribution < -0.4 is 20.3 Å². The number of hydrogen-bond acceptors (Lipinski definition) is 8. The van der Waals surface area contributed by atoms with Crippen LogP contribution in [0.5, 0.6) is 5.75 Å². The van der Waals surface area contributed by atoms with Gasteiger partial charge in [-0.05, 0) is 18.2 Å². The minimum absolute atomic E-state index is 0.00128. The number of halogens is 5. The first-order valence-electron chi connectivity index (χ1n) is 10.2. The SMILES string of the molecule is O=C(Nc1nc(-c2cccc(OC(F)(F)F)c2F)cs1)c1cnc(N2CCNC(C(=O)O)C2)c(Cl)c1. The van der Waals surface area contributed by atoms with Crippen LogP contribution >= 0.6 is 22.9 Å². The van der Waals surface area contributed by atoms with E-state index < -0.39 is 35.8 Å². The molecule has 3 aromatic rings. The predicted molar refractivity (Wildman–Crippen MR) is 123 cm³/mol. The molecule has 1 amide bonds. The first-order chi connectivity index (χ1) is 17.0. The number of benzene rings is 1. The maximum Gasteiger partial charge on any atom is 0.573 e. The number of hydrogen-bond donors (Lipinski definition) is 3. The third kappa shape index (κ3) is 5.83. The number of anilines is 2. The van der Waals surface area contributed by atoms with Crippen molar-refractivity contribution in [2.24, 2.45) is 0 Å². The lowest BCUT2D eigenvalue weighted by atomic mass is 10.1. The van der Waals surface area contributed by atoms with E-state index in [9.17, 15) is 32.3 Å². The predicted octanol–water partition coefficient (Wildman–Crippen LogP) is 4.01. The van der Waals surface area contributed by atoms with E-state index >= 15 is 0 Å². The largest absolute Gasteiger partial charge is 0.573 e. The summed E-state index contributed by atoms with van der Waals surface area (Å²) in [6, 6.07) is 3.83. The lowest BCUT2D eigenvalue weighted by Gasteiger charge is -2.32. The van der Waals surface area contributed by atoms with Crippen LogP contribution in [0.3, 0.4) is 0 Å². The van der Waals surface area contributed by atoms with Gasteiger partial charge in [0.05, 0.1) is 16.3 Å². The minimum atomic E-state index is -5.06. The minimum Gasteiger partial charge on any atom is -0.480 e. The van der Waals surface area contributed by atoms with Crippen LogP contribution in [0.25, 0.3) is 11.3 Å². The summed E-state index contributed by atoms with van der Waals surface area (Å²) in [4.78, 5) is 33.9. The smallest absolute Gasteiger partial charge is 0.480 e. The molecule has 1 saturated heterocycles. The molecule has 2 aromatic heterocycles. The van der Waals surface area contributed by atoms with Crippen molar-refractivity contribution in [3.63, 3.8) is 0 Å². The lowest BCUT2D eigenvalue weighted by Crippen LogP contribution is -2.54. The first kappa shape index (κ1) is 25.6. The van der Waals surface area contributed by atoms with E-state index in [4.69, 9.17) is 11.6 Å². The van der Waals surface area contributed by atoms with Crippen molar-refractivity contribution < 1.29 is 37.0 Å². The van der Waals surface area contributed by atoms with Crippen LogP contribution in [0.2, 0.25) is 5.02 Å². The summed E-state index contributed by atoms with van der Waals surface area (Å²) in [5, 5.41) is 16.1. The zero-order valence-corrected chi connectivity index (χ0v) is 19.5. The highest BCUT2D eigenvalue weighted by molar-refractivity contribution is 7.14. The third-order valence-corrected chi connectivity index (χ3v) is 6.08. The van der Waals surface area contributed by atoms with E-state index in [0.717, 1.165) is 17.4 Å². The molecule has 190 valence electrons. The van der Waals surface area contributed by atoms with Gasteiger partial charge in [0, 0.05) is 36.8 Å². The van der Waals surface area contributed by atoms with Gasteiger partial charge in [0.1, 0.15) is 11.9 Å². The number of pyridine rings is 1. The van der Waals surface area contributed by atoms with Gasteiger partial charge in [-0.25, -0.2) is 14.4 Å². The molecular weight excluding hydrogens is 530 g/mol. The summed E-state index contributed by atoms with van der Waals surface area (Å²) in [7, 11) is 0. The maximum absolute atomic E-state index is 14.5. The average molecular weight is 546 g/mol. The van der Waals surface area contributed by atoms with Crippen molar-refractivity contribution >= 4 is 45.8 Å². The summed E-state index contributed by atoms with van der Waals surface area (Å²) in [6.07, 6.45) is -3.80. The molecule has 1 atom stereocenters. The van der Waals surface area contributed by atoms with E-state index in [2.05, 4.69) is 25.3 Å². The first-order valence-corrected chi connectivity index (χ1v) is 11.5. The molecule has 4 rings (SSSR count). The van der Waals surface area contributed by atoms with Crippen LogP contribution in [0, 0.1) is 5.82 Å². The normalized spacial score (nSPS) is 16.0. The van der Waals surface area contributed by atoms with E-state index in [1.807, 2.05) is 0 Å². The van der Waals surface area contributed by atoms with Crippen molar-refractivity contribution in [3.8, 4) is 17.0 Å². The molecule has 0 spiro atoms. The monoisotopic (exact) mass is 545 g/mol. The number of thiazole rings is 1. The second-order valence-corrected chi connectivity index (χ2v) is 8.74. The second kappa shape index (κ2) is 10.2. The molecule has 9 nitrogen and oxygen atoms in total. The lowest BCUT2D eigenvalue weighted by molar-refractivity contribution is -0.275. The standard InChI is InChI=1S/C21H16ClF4N5O4S/c22-12-6-10(7-28-17(12)31-5-4-27-13(8-31)19(33)34)18(32)30-20-29-14(9-36-20)11-2-1-3-15(16(11)23)35-21(24,25)26/h1-3,6-7,9,13,27H,4-5,8H2,(H,33,34)(H,29,30,32). The number of carbonyl (C=O) groups excluding carboxylic acids is 1. The Kier molecular flexibility index (Phi) is 7.28. The Morgan fingerprint density at radius 1 is 1.33 bits per heavy atom. The van der Waals surface area contributed by atoms with Gasteiger partial charge in [0.15, 0.2) is 16.7 Å². The molecule has 1 aliphatic heterocycles. The van der Waals surface area contributed by atoms with Crippen LogP contribution in [0.15, 0.2) is 35.8 Å². The Bertz CT molecular complexity index is 1310. The Hall–Kier alpha value is -3.49. The molecule has 0 aliphatic carbocycles. The Morgan fingerprint density at radius 3 is 2.81 bits per heavy atom. The van der Waals surface area contributed by atoms with E-state index in [-0.39, 0.29) is 33.5 Å². The molecule has 3 heterocycles. The number of alkyl halides is 3. The van der Waals surface area contributed by atoms with Gasteiger partial charge in [-0.1, -0.05) is 17.7 Å². The Labute approximate surface area is 209 Å². The number of carboxylic acid groups (broad SMARTS) is 1. The number of nitrogens with zero attached hydrogens (tertiary/aromatic N) is 3. The highest BCUT2D eigenvalue weighted by Crippen LogP contribution is 2.34. The van der Waals surface area contributed by atoms with Gasteiger partial charge in [-0.3, -0.25) is 14.9 Å². The number of nitrogens with one attached hydrogen (secondary N) is 2. The molecule has 15 heteroatoms. The zero-order valence-electron chi connectivity index (χ0n) is 18.0. The number of rotatable bonds is 6. The second-order valence-electron chi connectivity index (χ2n) is 7.48. The fraction of sp³-hybridized carbons (Fsp3) is 0.238. The molecular formula is C21H16ClF4N5O4S. The number of carboxylic acids is 1. The molecule has 36 heavy (non-hydrogen) atoms. The number of carbonyl (C=O) groups is 2. The van der Waals surface area contributed by atoms with Crippen molar-refractivity contribution in [2.75, 3.05) is 29.9 Å². The third-order valence-electron chi connectivity index (χ3n) is 5.05. The highest BCUT2D eigenvalue weighted by Gasteiger charge is 2.33. The fourth-order valence-electron chi connectivity index (χ4n) is 3.43. The number of piperazine rings is 1. The van der Waals surface area contributed by atoms with Gasteiger partial charge in [0.2, 0.25) is 0 Å². The van der Waals surface area contributed by atoms with E-state index in [1.165, 1.54) is 29.8 Å². The molecule has 0 saturated carbocycles. The van der Waals surface area contributed by atoms with Crippen molar-refractivity contribution in [1.29, 1.82) is 0 Å². The average Bonchev–Trinajstić information content (AvgIpc) is 3.27. The van der Waals surface area contributed by atoms with Crippen LogP contribution in [0.4, 0.5) is 28.5 Å². The van der Waals surface area contributed by atoms with E-state index in [0.29, 0.717) is 18.9 Å². The quantitative estimate of drug-likeness (QED) is 0.398. The van der Waals surface area contributed by atoms with Crippen LogP contribution in [0.1, 0.15) is 10.4 Å². The van der Waals surface area contributed by atoms with Crippen LogP contribution in [-0.4, -0.2) is 59.0 Å². The van der Waals surface area contributed by atoms with Gasteiger partial charge in [0.25, 0.3) is 5.91 Å². The Balaban J connectivity index is 1.47. The number of aromatic nitrogens is 2. The molecule has 1 aromatic carbocycles. The van der Waals surface area contributed by atoms with Crippen LogP contribution in [-0.2, 0) is 4.79 Å². The number of aliphatic carboxylic acids is 1. The van der Waals surface area contributed by atoms with Crippen molar-refractivity contribution in [3.05, 3.63) is 52.2 Å². The molecule has 3 N–H and O–H groups in total.